The summed E-state index contributed by atoms with van der Waals surface area (Å²) in [5.74, 6) is 0.381. The summed E-state index contributed by atoms with van der Waals surface area (Å²) in [5, 5.41) is 3.06. The van der Waals surface area contributed by atoms with Gasteiger partial charge < -0.3 is 19.9 Å². The summed E-state index contributed by atoms with van der Waals surface area (Å²) < 4.78 is 5.47. The number of anilines is 1. The molecular formula is C23H36N3O4+. The van der Waals surface area contributed by atoms with Crippen molar-refractivity contribution < 1.29 is 24.0 Å². The topological polar surface area (TPSA) is 80.2 Å². The number of benzene rings is 1. The van der Waals surface area contributed by atoms with E-state index in [9.17, 15) is 14.4 Å². The number of carbonyl (C=O) groups is 3. The number of hydrogen-bond donors (Lipinski definition) is 2. The van der Waals surface area contributed by atoms with Gasteiger partial charge in [-0.25, -0.2) is 0 Å². The molecule has 2 N–H and O–H groups in total. The zero-order chi connectivity index (χ0) is 22.1. The zero-order valence-electron chi connectivity index (χ0n) is 18.8. The molecule has 166 valence electrons. The second kappa shape index (κ2) is 11.7. The standard InChI is InChI=1S/C23H35N3O4/c1-5-25(6-2)13-7-9-17(3)24-22(28)10-8-14-26-20-15-19(18(4)27)11-12-21(20)30-16-23(26)29/h11-12,15,17H,5-10,13-14,16H2,1-4H3,(H,24,28)/p+1/t17-/m1/s1. The first kappa shape index (κ1) is 23.9. The van der Waals surface area contributed by atoms with Crippen LogP contribution in [0.4, 0.5) is 5.69 Å². The van der Waals surface area contributed by atoms with Crippen LogP contribution in [0.25, 0.3) is 0 Å². The molecule has 0 spiro atoms. The van der Waals surface area contributed by atoms with Crippen molar-refractivity contribution in [2.45, 2.75) is 59.4 Å². The molecule has 1 heterocycles. The van der Waals surface area contributed by atoms with Crippen molar-refractivity contribution in [2.75, 3.05) is 37.7 Å². The molecule has 7 heteroatoms. The van der Waals surface area contributed by atoms with Crippen LogP contribution in [0.15, 0.2) is 18.2 Å². The van der Waals surface area contributed by atoms with Gasteiger partial charge in [-0.2, -0.15) is 0 Å². The third-order valence-corrected chi connectivity index (χ3v) is 5.67. The van der Waals surface area contributed by atoms with Gasteiger partial charge in [0.25, 0.3) is 5.91 Å². The maximum atomic E-state index is 12.3. The first-order valence-corrected chi connectivity index (χ1v) is 11.1. The van der Waals surface area contributed by atoms with Gasteiger partial charge in [0.15, 0.2) is 12.4 Å². The van der Waals surface area contributed by atoms with Gasteiger partial charge in [0, 0.05) is 24.6 Å². The Morgan fingerprint density at radius 2 is 1.97 bits per heavy atom. The molecule has 30 heavy (non-hydrogen) atoms. The van der Waals surface area contributed by atoms with Crippen LogP contribution >= 0.6 is 0 Å². The number of ketones is 1. The monoisotopic (exact) mass is 418 g/mol. The van der Waals surface area contributed by atoms with E-state index in [1.54, 1.807) is 28.0 Å². The van der Waals surface area contributed by atoms with Crippen LogP contribution in [0.3, 0.4) is 0 Å². The van der Waals surface area contributed by atoms with Gasteiger partial charge in [0.2, 0.25) is 5.91 Å². The lowest BCUT2D eigenvalue weighted by Crippen LogP contribution is -3.11. The average molecular weight is 419 g/mol. The highest BCUT2D eigenvalue weighted by Crippen LogP contribution is 2.33. The number of quaternary nitrogens is 1. The molecule has 0 aliphatic carbocycles. The van der Waals surface area contributed by atoms with Gasteiger partial charge in [-0.1, -0.05) is 0 Å². The summed E-state index contributed by atoms with van der Waals surface area (Å²) in [6.07, 6.45) is 2.98. The minimum atomic E-state index is -0.157. The molecule has 2 rings (SSSR count). The molecule has 2 amide bonds. The average Bonchev–Trinajstić information content (AvgIpc) is 2.72. The van der Waals surface area contributed by atoms with E-state index in [2.05, 4.69) is 19.2 Å². The third-order valence-electron chi connectivity index (χ3n) is 5.67. The fourth-order valence-electron chi connectivity index (χ4n) is 3.74. The Hall–Kier alpha value is -2.41. The molecule has 1 aliphatic heterocycles. The minimum absolute atomic E-state index is 0.0103. The van der Waals surface area contributed by atoms with E-state index >= 15 is 0 Å². The third kappa shape index (κ3) is 6.83. The summed E-state index contributed by atoms with van der Waals surface area (Å²) in [4.78, 5) is 39.5. The lowest BCUT2D eigenvalue weighted by Gasteiger charge is -2.29. The lowest BCUT2D eigenvalue weighted by atomic mass is 10.1. The van der Waals surface area contributed by atoms with Crippen molar-refractivity contribution in [1.82, 2.24) is 5.32 Å². The maximum Gasteiger partial charge on any atom is 0.265 e. The number of carbonyl (C=O) groups excluding carboxylic acids is 3. The molecule has 0 fully saturated rings. The molecule has 0 radical (unpaired) electrons. The molecule has 0 unspecified atom stereocenters. The highest BCUT2D eigenvalue weighted by atomic mass is 16.5. The Labute approximate surface area is 179 Å². The zero-order valence-corrected chi connectivity index (χ0v) is 18.8. The summed E-state index contributed by atoms with van der Waals surface area (Å²) in [7, 11) is 0. The van der Waals surface area contributed by atoms with Crippen LogP contribution in [0.2, 0.25) is 0 Å². The van der Waals surface area contributed by atoms with Crippen molar-refractivity contribution in [3.05, 3.63) is 23.8 Å². The molecule has 7 nitrogen and oxygen atoms in total. The van der Waals surface area contributed by atoms with Gasteiger partial charge in [-0.15, -0.1) is 0 Å². The number of hydrogen-bond acceptors (Lipinski definition) is 4. The smallest absolute Gasteiger partial charge is 0.265 e. The van der Waals surface area contributed by atoms with Gasteiger partial charge in [0.05, 0.1) is 25.3 Å². The summed E-state index contributed by atoms with van der Waals surface area (Å²) in [6.45, 7) is 11.7. The van der Waals surface area contributed by atoms with E-state index in [-0.39, 0.29) is 30.2 Å². The maximum absolute atomic E-state index is 12.3. The van der Waals surface area contributed by atoms with Crippen molar-refractivity contribution in [3.63, 3.8) is 0 Å². The largest absolute Gasteiger partial charge is 0.482 e. The van der Waals surface area contributed by atoms with Gasteiger partial charge in [0.1, 0.15) is 5.75 Å². The normalized spacial score (nSPS) is 14.3. The quantitative estimate of drug-likeness (QED) is 0.506. The van der Waals surface area contributed by atoms with E-state index in [1.807, 2.05) is 6.92 Å². The van der Waals surface area contributed by atoms with Crippen LogP contribution in [-0.4, -0.2) is 56.4 Å². The molecular weight excluding hydrogens is 382 g/mol. The molecule has 0 saturated carbocycles. The Morgan fingerprint density at radius 3 is 2.63 bits per heavy atom. The van der Waals surface area contributed by atoms with E-state index in [4.69, 9.17) is 4.74 Å². The van der Waals surface area contributed by atoms with Gasteiger partial charge in [-0.05, 0) is 65.2 Å². The van der Waals surface area contributed by atoms with E-state index in [0.29, 0.717) is 36.4 Å². The number of amides is 2. The van der Waals surface area contributed by atoms with Crippen LogP contribution in [0.5, 0.6) is 5.75 Å². The SMILES string of the molecule is CC[NH+](CC)CCC[C@@H](C)NC(=O)CCCN1C(=O)COc2ccc(C(C)=O)cc21. The van der Waals surface area contributed by atoms with Crippen molar-refractivity contribution in [2.24, 2.45) is 0 Å². The second-order valence-electron chi connectivity index (χ2n) is 7.99. The molecule has 0 aromatic heterocycles. The van der Waals surface area contributed by atoms with Crippen molar-refractivity contribution >= 4 is 23.3 Å². The fourth-order valence-corrected chi connectivity index (χ4v) is 3.74. The molecule has 1 aromatic rings. The van der Waals surface area contributed by atoms with Crippen LogP contribution in [0, 0.1) is 0 Å². The number of ether oxygens (including phenoxy) is 1. The van der Waals surface area contributed by atoms with Crippen LogP contribution in [0.1, 0.15) is 63.7 Å². The number of fused-ring (bicyclic) bond motifs is 1. The highest BCUT2D eigenvalue weighted by Gasteiger charge is 2.26. The molecule has 0 bridgehead atoms. The summed E-state index contributed by atoms with van der Waals surface area (Å²) in [6, 6.07) is 5.26. The molecule has 1 aliphatic rings. The second-order valence-corrected chi connectivity index (χ2v) is 7.99. The van der Waals surface area contributed by atoms with E-state index in [1.165, 1.54) is 6.92 Å². The predicted octanol–water partition coefficient (Wildman–Crippen LogP) is 1.60. The van der Waals surface area contributed by atoms with Gasteiger partial charge >= 0.3 is 0 Å². The molecule has 0 saturated heterocycles. The van der Waals surface area contributed by atoms with Crippen molar-refractivity contribution in [3.8, 4) is 5.75 Å². The van der Waals surface area contributed by atoms with Crippen LogP contribution < -0.4 is 19.9 Å². The number of Topliss-reactive ketones (excluding diaryl/α,β-unsaturated/α-hetero) is 1. The molecule has 1 atom stereocenters. The number of nitrogens with one attached hydrogen (secondary N) is 2. The first-order valence-electron chi connectivity index (χ1n) is 11.1. The fraction of sp³-hybridized carbons (Fsp3) is 0.609. The molecule has 1 aromatic carbocycles. The number of rotatable bonds is 12. The Morgan fingerprint density at radius 1 is 1.23 bits per heavy atom. The lowest BCUT2D eigenvalue weighted by molar-refractivity contribution is -0.896. The first-order chi connectivity index (χ1) is 14.3. The van der Waals surface area contributed by atoms with E-state index in [0.717, 1.165) is 32.5 Å². The predicted molar refractivity (Wildman–Crippen MR) is 117 cm³/mol. The van der Waals surface area contributed by atoms with E-state index < -0.39 is 0 Å². The van der Waals surface area contributed by atoms with Gasteiger partial charge in [-0.3, -0.25) is 14.4 Å². The summed E-state index contributed by atoms with van der Waals surface area (Å²) in [5.41, 5.74) is 1.14. The Kier molecular flexibility index (Phi) is 9.30. The summed E-state index contributed by atoms with van der Waals surface area (Å²) >= 11 is 0. The number of nitrogens with zero attached hydrogens (tertiary/aromatic N) is 1. The Bertz CT molecular complexity index is 746. The minimum Gasteiger partial charge on any atom is -0.482 e. The van der Waals surface area contributed by atoms with Crippen molar-refractivity contribution in [1.29, 1.82) is 0 Å². The Balaban J connectivity index is 1.81. The van der Waals surface area contributed by atoms with Crippen LogP contribution in [-0.2, 0) is 9.59 Å². The highest BCUT2D eigenvalue weighted by molar-refractivity contribution is 6.01.